The molecule has 4 heteroatoms. The lowest BCUT2D eigenvalue weighted by atomic mass is 10.1. The topological polar surface area (TPSA) is 47.6 Å². The smallest absolute Gasteiger partial charge is 0.255 e. The van der Waals surface area contributed by atoms with Crippen LogP contribution in [0.15, 0.2) is 78.9 Å². The summed E-state index contributed by atoms with van der Waals surface area (Å²) in [5.41, 5.74) is 2.47. The van der Waals surface area contributed by atoms with Crippen LogP contribution in [0.25, 0.3) is 0 Å². The summed E-state index contributed by atoms with van der Waals surface area (Å²) in [6.07, 6.45) is 0.843. The van der Waals surface area contributed by atoms with Crippen molar-refractivity contribution in [2.24, 2.45) is 5.92 Å². The van der Waals surface area contributed by atoms with Crippen molar-refractivity contribution < 1.29 is 14.3 Å². The van der Waals surface area contributed by atoms with Crippen LogP contribution in [0.5, 0.6) is 11.5 Å². The molecule has 0 heterocycles. The molecular weight excluding hydrogens is 362 g/mol. The maximum atomic E-state index is 12.6. The standard InChI is InChI=1S/C25H27NO3/c1-19(2)18-29-24-11-7-6-10-23(24)26-25(27)21-12-14-22(15-13-21)28-17-16-20-8-4-3-5-9-20/h3-15,19H,16-18H2,1-2H3,(H,26,27). The van der Waals surface area contributed by atoms with Gasteiger partial charge in [0.15, 0.2) is 0 Å². The van der Waals surface area contributed by atoms with Crippen LogP contribution in [0, 0.1) is 5.92 Å². The number of hydrogen-bond donors (Lipinski definition) is 1. The first-order chi connectivity index (χ1) is 14.1. The van der Waals surface area contributed by atoms with Crippen LogP contribution < -0.4 is 14.8 Å². The minimum atomic E-state index is -0.179. The Hall–Kier alpha value is -3.27. The molecule has 4 nitrogen and oxygen atoms in total. The highest BCUT2D eigenvalue weighted by molar-refractivity contribution is 6.05. The van der Waals surface area contributed by atoms with Gasteiger partial charge in [0, 0.05) is 12.0 Å². The summed E-state index contributed by atoms with van der Waals surface area (Å²) in [6, 6.07) is 24.9. The zero-order valence-corrected chi connectivity index (χ0v) is 16.9. The third-order valence-corrected chi connectivity index (χ3v) is 4.33. The molecule has 3 aromatic carbocycles. The van der Waals surface area contributed by atoms with Crippen molar-refractivity contribution in [3.63, 3.8) is 0 Å². The summed E-state index contributed by atoms with van der Waals surface area (Å²) in [5, 5.41) is 2.93. The maximum Gasteiger partial charge on any atom is 0.255 e. The van der Waals surface area contributed by atoms with E-state index < -0.39 is 0 Å². The number of amides is 1. The maximum absolute atomic E-state index is 12.6. The van der Waals surface area contributed by atoms with Crippen molar-refractivity contribution >= 4 is 11.6 Å². The summed E-state index contributed by atoms with van der Waals surface area (Å²) in [6.45, 7) is 5.37. The molecule has 1 N–H and O–H groups in total. The first kappa shape index (κ1) is 20.5. The van der Waals surface area contributed by atoms with Gasteiger partial charge in [0.1, 0.15) is 11.5 Å². The molecule has 0 saturated heterocycles. The predicted molar refractivity (Wildman–Crippen MR) is 117 cm³/mol. The van der Waals surface area contributed by atoms with Crippen molar-refractivity contribution in [3.8, 4) is 11.5 Å². The van der Waals surface area contributed by atoms with Crippen LogP contribution in [0.1, 0.15) is 29.8 Å². The lowest BCUT2D eigenvalue weighted by Gasteiger charge is -2.14. The number of nitrogens with one attached hydrogen (secondary N) is 1. The summed E-state index contributed by atoms with van der Waals surface area (Å²) >= 11 is 0. The monoisotopic (exact) mass is 389 g/mol. The van der Waals surface area contributed by atoms with Crippen LogP contribution >= 0.6 is 0 Å². The fraction of sp³-hybridized carbons (Fsp3) is 0.240. The van der Waals surface area contributed by atoms with Gasteiger partial charge in [0.2, 0.25) is 0 Å². The van der Waals surface area contributed by atoms with Crippen molar-refractivity contribution in [2.75, 3.05) is 18.5 Å². The molecule has 0 spiro atoms. The number of anilines is 1. The Balaban J connectivity index is 1.55. The van der Waals surface area contributed by atoms with Gasteiger partial charge in [-0.05, 0) is 47.9 Å². The highest BCUT2D eigenvalue weighted by Crippen LogP contribution is 2.25. The summed E-state index contributed by atoms with van der Waals surface area (Å²) < 4.78 is 11.6. The molecule has 0 radical (unpaired) electrons. The van der Waals surface area contributed by atoms with Crippen molar-refractivity contribution in [1.82, 2.24) is 0 Å². The molecule has 0 aliphatic carbocycles. The van der Waals surface area contributed by atoms with Crippen molar-refractivity contribution in [1.29, 1.82) is 0 Å². The van der Waals surface area contributed by atoms with Gasteiger partial charge in [-0.1, -0.05) is 56.3 Å². The number of carbonyl (C=O) groups is 1. The van der Waals surface area contributed by atoms with E-state index in [0.717, 1.165) is 12.2 Å². The third-order valence-electron chi connectivity index (χ3n) is 4.33. The zero-order chi connectivity index (χ0) is 20.5. The van der Waals surface area contributed by atoms with E-state index in [1.807, 2.05) is 54.6 Å². The van der Waals surface area contributed by atoms with E-state index in [2.05, 4.69) is 31.3 Å². The number of rotatable bonds is 9. The average molecular weight is 389 g/mol. The van der Waals surface area contributed by atoms with Gasteiger partial charge in [0.05, 0.1) is 18.9 Å². The second kappa shape index (κ2) is 10.3. The van der Waals surface area contributed by atoms with Gasteiger partial charge < -0.3 is 14.8 Å². The van der Waals surface area contributed by atoms with E-state index in [-0.39, 0.29) is 5.91 Å². The highest BCUT2D eigenvalue weighted by atomic mass is 16.5. The number of carbonyl (C=O) groups excluding carboxylic acids is 1. The molecule has 0 aromatic heterocycles. The van der Waals surface area contributed by atoms with E-state index in [0.29, 0.717) is 36.1 Å². The molecule has 3 aromatic rings. The Kier molecular flexibility index (Phi) is 7.28. The molecule has 3 rings (SSSR count). The molecule has 29 heavy (non-hydrogen) atoms. The van der Waals surface area contributed by atoms with Gasteiger partial charge in [0.25, 0.3) is 5.91 Å². The van der Waals surface area contributed by atoms with Crippen LogP contribution in [-0.4, -0.2) is 19.1 Å². The Morgan fingerprint density at radius 3 is 2.28 bits per heavy atom. The summed E-state index contributed by atoms with van der Waals surface area (Å²) in [7, 11) is 0. The molecule has 150 valence electrons. The summed E-state index contributed by atoms with van der Waals surface area (Å²) in [4.78, 5) is 12.6. The van der Waals surface area contributed by atoms with Gasteiger partial charge in [-0.25, -0.2) is 0 Å². The summed E-state index contributed by atoms with van der Waals surface area (Å²) in [5.74, 6) is 1.66. The van der Waals surface area contributed by atoms with Gasteiger partial charge >= 0.3 is 0 Å². The van der Waals surface area contributed by atoms with E-state index in [4.69, 9.17) is 9.47 Å². The Morgan fingerprint density at radius 1 is 0.862 bits per heavy atom. The molecule has 0 saturated carbocycles. The Morgan fingerprint density at radius 2 is 1.55 bits per heavy atom. The lowest BCUT2D eigenvalue weighted by Crippen LogP contribution is -2.14. The largest absolute Gasteiger partial charge is 0.493 e. The van der Waals surface area contributed by atoms with Gasteiger partial charge in [-0.3, -0.25) is 4.79 Å². The van der Waals surface area contributed by atoms with Gasteiger partial charge in [-0.2, -0.15) is 0 Å². The fourth-order valence-electron chi connectivity index (χ4n) is 2.78. The molecule has 0 bridgehead atoms. The van der Waals surface area contributed by atoms with Crippen LogP contribution in [0.2, 0.25) is 0 Å². The minimum Gasteiger partial charge on any atom is -0.493 e. The van der Waals surface area contributed by atoms with E-state index in [1.165, 1.54) is 5.56 Å². The first-order valence-corrected chi connectivity index (χ1v) is 9.92. The predicted octanol–water partition coefficient (Wildman–Crippen LogP) is 5.60. The average Bonchev–Trinajstić information content (AvgIpc) is 2.74. The first-order valence-electron chi connectivity index (χ1n) is 9.92. The van der Waals surface area contributed by atoms with Crippen molar-refractivity contribution in [2.45, 2.75) is 20.3 Å². The molecule has 0 atom stereocenters. The normalized spacial score (nSPS) is 10.6. The third kappa shape index (κ3) is 6.39. The SMILES string of the molecule is CC(C)COc1ccccc1NC(=O)c1ccc(OCCc2ccccc2)cc1. The van der Waals surface area contributed by atoms with E-state index >= 15 is 0 Å². The number of hydrogen-bond acceptors (Lipinski definition) is 3. The number of benzene rings is 3. The van der Waals surface area contributed by atoms with Gasteiger partial charge in [-0.15, -0.1) is 0 Å². The molecule has 0 fully saturated rings. The Bertz CT molecular complexity index is 905. The van der Waals surface area contributed by atoms with Crippen LogP contribution in [0.4, 0.5) is 5.69 Å². The molecular formula is C25H27NO3. The quantitative estimate of drug-likeness (QED) is 0.518. The molecule has 0 aliphatic rings. The highest BCUT2D eigenvalue weighted by Gasteiger charge is 2.10. The number of ether oxygens (including phenoxy) is 2. The lowest BCUT2D eigenvalue weighted by molar-refractivity contribution is 0.102. The zero-order valence-electron chi connectivity index (χ0n) is 16.9. The molecule has 1 amide bonds. The van der Waals surface area contributed by atoms with Crippen molar-refractivity contribution in [3.05, 3.63) is 90.0 Å². The fourth-order valence-corrected chi connectivity index (χ4v) is 2.78. The van der Waals surface area contributed by atoms with E-state index in [9.17, 15) is 4.79 Å². The minimum absolute atomic E-state index is 0.179. The molecule has 0 aliphatic heterocycles. The Labute approximate surface area is 172 Å². The molecule has 0 unspecified atom stereocenters. The number of para-hydroxylation sites is 2. The van der Waals surface area contributed by atoms with Crippen LogP contribution in [0.3, 0.4) is 0 Å². The van der Waals surface area contributed by atoms with Crippen LogP contribution in [-0.2, 0) is 6.42 Å². The second-order valence-corrected chi connectivity index (χ2v) is 7.26. The van der Waals surface area contributed by atoms with E-state index in [1.54, 1.807) is 12.1 Å². The second-order valence-electron chi connectivity index (χ2n) is 7.26.